The average molecular weight is 320 g/mol. The Kier molecular flexibility index (Phi) is 5.54. The van der Waals surface area contributed by atoms with Gasteiger partial charge in [-0.3, -0.25) is 9.59 Å². The number of carbonyl (C=O) groups excluding carboxylic acids is 2. The number of aromatic nitrogens is 2. The maximum absolute atomic E-state index is 11.8. The molecule has 0 unspecified atom stereocenters. The SMILES string of the molecule is CC(=O)Nc1ccc(NC(=O)CSCc2noc(C)n2)cc1. The van der Waals surface area contributed by atoms with Crippen LogP contribution in [-0.4, -0.2) is 27.7 Å². The van der Waals surface area contributed by atoms with Crippen molar-refractivity contribution in [2.45, 2.75) is 19.6 Å². The highest BCUT2D eigenvalue weighted by Gasteiger charge is 2.06. The van der Waals surface area contributed by atoms with Crippen molar-refractivity contribution in [1.82, 2.24) is 10.1 Å². The lowest BCUT2D eigenvalue weighted by molar-refractivity contribution is -0.114. The standard InChI is InChI=1S/C14H16N4O3S/c1-9(19)15-11-3-5-12(6-4-11)17-14(20)8-22-7-13-16-10(2)21-18-13/h3-6H,7-8H2,1-2H3,(H,15,19)(H,17,20). The molecule has 0 aliphatic rings. The predicted molar refractivity (Wildman–Crippen MR) is 84.6 cm³/mol. The summed E-state index contributed by atoms with van der Waals surface area (Å²) < 4.78 is 4.85. The Morgan fingerprint density at radius 1 is 1.18 bits per heavy atom. The smallest absolute Gasteiger partial charge is 0.234 e. The number of nitrogens with one attached hydrogen (secondary N) is 2. The highest BCUT2D eigenvalue weighted by molar-refractivity contribution is 7.99. The number of aryl methyl sites for hydroxylation is 1. The van der Waals surface area contributed by atoms with Crippen LogP contribution in [0.2, 0.25) is 0 Å². The molecule has 0 aliphatic carbocycles. The van der Waals surface area contributed by atoms with Gasteiger partial charge in [-0.1, -0.05) is 5.16 Å². The summed E-state index contributed by atoms with van der Waals surface area (Å²) in [5, 5.41) is 9.20. The molecule has 2 amide bonds. The first kappa shape index (κ1) is 16.0. The molecular weight excluding hydrogens is 304 g/mol. The zero-order chi connectivity index (χ0) is 15.9. The van der Waals surface area contributed by atoms with E-state index >= 15 is 0 Å². The van der Waals surface area contributed by atoms with Crippen LogP contribution < -0.4 is 10.6 Å². The zero-order valence-corrected chi connectivity index (χ0v) is 13.1. The van der Waals surface area contributed by atoms with Gasteiger partial charge < -0.3 is 15.2 Å². The summed E-state index contributed by atoms with van der Waals surface area (Å²) in [6.07, 6.45) is 0. The molecule has 0 fully saturated rings. The molecule has 0 saturated carbocycles. The first-order valence-electron chi connectivity index (χ1n) is 6.57. The van der Waals surface area contributed by atoms with Gasteiger partial charge in [0.05, 0.1) is 11.5 Å². The van der Waals surface area contributed by atoms with Crippen molar-refractivity contribution >= 4 is 35.0 Å². The number of rotatable bonds is 6. The van der Waals surface area contributed by atoms with Gasteiger partial charge in [-0.2, -0.15) is 4.98 Å². The van der Waals surface area contributed by atoms with E-state index in [-0.39, 0.29) is 11.8 Å². The molecule has 2 rings (SSSR count). The summed E-state index contributed by atoms with van der Waals surface area (Å²) in [6, 6.07) is 6.92. The van der Waals surface area contributed by atoms with E-state index in [1.54, 1.807) is 31.2 Å². The number of hydrogen-bond acceptors (Lipinski definition) is 6. The molecule has 1 aromatic carbocycles. The minimum atomic E-state index is -0.134. The molecular formula is C14H16N4O3S. The quantitative estimate of drug-likeness (QED) is 0.847. The summed E-state index contributed by atoms with van der Waals surface area (Å²) in [7, 11) is 0. The summed E-state index contributed by atoms with van der Waals surface area (Å²) in [5.41, 5.74) is 1.36. The van der Waals surface area contributed by atoms with Crippen LogP contribution in [-0.2, 0) is 15.3 Å². The first-order chi connectivity index (χ1) is 10.5. The lowest BCUT2D eigenvalue weighted by Gasteiger charge is -2.06. The molecule has 1 aromatic heterocycles. The second-order valence-corrected chi connectivity index (χ2v) is 5.51. The summed E-state index contributed by atoms with van der Waals surface area (Å²) in [5.74, 6) is 1.66. The molecule has 116 valence electrons. The number of amides is 2. The fourth-order valence-corrected chi connectivity index (χ4v) is 2.33. The summed E-state index contributed by atoms with van der Waals surface area (Å²) in [6.45, 7) is 3.16. The van der Waals surface area contributed by atoms with Crippen LogP contribution in [0.25, 0.3) is 0 Å². The number of carbonyl (C=O) groups is 2. The van der Waals surface area contributed by atoms with Crippen LogP contribution in [0.15, 0.2) is 28.8 Å². The second-order valence-electron chi connectivity index (χ2n) is 4.53. The van der Waals surface area contributed by atoms with Gasteiger partial charge in [0.1, 0.15) is 0 Å². The van der Waals surface area contributed by atoms with Crippen molar-refractivity contribution in [3.8, 4) is 0 Å². The Hall–Kier alpha value is -2.35. The van der Waals surface area contributed by atoms with Crippen molar-refractivity contribution in [2.24, 2.45) is 0 Å². The monoisotopic (exact) mass is 320 g/mol. The summed E-state index contributed by atoms with van der Waals surface area (Å²) in [4.78, 5) is 26.8. The molecule has 2 N–H and O–H groups in total. The third kappa shape index (κ3) is 5.21. The van der Waals surface area contributed by atoms with Gasteiger partial charge in [-0.05, 0) is 24.3 Å². The Morgan fingerprint density at radius 3 is 2.36 bits per heavy atom. The fourth-order valence-electron chi connectivity index (χ4n) is 1.67. The highest BCUT2D eigenvalue weighted by Crippen LogP contribution is 2.15. The molecule has 1 heterocycles. The van der Waals surface area contributed by atoms with E-state index in [1.807, 2.05) is 0 Å². The Labute approximate surface area is 131 Å². The van der Waals surface area contributed by atoms with Crippen molar-refractivity contribution in [3.63, 3.8) is 0 Å². The van der Waals surface area contributed by atoms with Gasteiger partial charge in [0, 0.05) is 25.2 Å². The molecule has 22 heavy (non-hydrogen) atoms. The lowest BCUT2D eigenvalue weighted by Crippen LogP contribution is -2.14. The Morgan fingerprint density at radius 2 is 1.82 bits per heavy atom. The number of hydrogen-bond donors (Lipinski definition) is 2. The van der Waals surface area contributed by atoms with Crippen LogP contribution in [0.3, 0.4) is 0 Å². The Balaban J connectivity index is 1.75. The maximum atomic E-state index is 11.8. The van der Waals surface area contributed by atoms with Gasteiger partial charge in [-0.25, -0.2) is 0 Å². The van der Waals surface area contributed by atoms with Crippen molar-refractivity contribution in [2.75, 3.05) is 16.4 Å². The minimum absolute atomic E-state index is 0.113. The largest absolute Gasteiger partial charge is 0.340 e. The average Bonchev–Trinajstić information content (AvgIpc) is 2.86. The van der Waals surface area contributed by atoms with E-state index in [4.69, 9.17) is 4.52 Å². The van der Waals surface area contributed by atoms with Gasteiger partial charge in [0.15, 0.2) is 5.82 Å². The second kappa shape index (κ2) is 7.60. The van der Waals surface area contributed by atoms with Crippen LogP contribution in [0.1, 0.15) is 18.6 Å². The third-order valence-electron chi connectivity index (χ3n) is 2.52. The molecule has 8 heteroatoms. The van der Waals surface area contributed by atoms with E-state index in [1.165, 1.54) is 18.7 Å². The van der Waals surface area contributed by atoms with Gasteiger partial charge in [0.2, 0.25) is 17.7 Å². The van der Waals surface area contributed by atoms with Crippen molar-refractivity contribution in [1.29, 1.82) is 0 Å². The van der Waals surface area contributed by atoms with E-state index < -0.39 is 0 Å². The maximum Gasteiger partial charge on any atom is 0.234 e. The van der Waals surface area contributed by atoms with Crippen LogP contribution in [0.4, 0.5) is 11.4 Å². The molecule has 0 aliphatic heterocycles. The summed E-state index contributed by atoms with van der Waals surface area (Å²) >= 11 is 1.40. The van der Waals surface area contributed by atoms with Crippen molar-refractivity contribution in [3.05, 3.63) is 36.0 Å². The first-order valence-corrected chi connectivity index (χ1v) is 7.73. The highest BCUT2D eigenvalue weighted by atomic mass is 32.2. The van der Waals surface area contributed by atoms with Crippen LogP contribution in [0, 0.1) is 6.92 Å². The molecule has 0 spiro atoms. The van der Waals surface area contributed by atoms with E-state index in [9.17, 15) is 9.59 Å². The molecule has 0 radical (unpaired) electrons. The van der Waals surface area contributed by atoms with Gasteiger partial charge in [0.25, 0.3) is 0 Å². The zero-order valence-electron chi connectivity index (χ0n) is 12.3. The normalized spacial score (nSPS) is 10.3. The lowest BCUT2D eigenvalue weighted by atomic mass is 10.3. The molecule has 0 atom stereocenters. The number of nitrogens with zero attached hydrogens (tertiary/aromatic N) is 2. The number of benzene rings is 1. The molecule has 0 bridgehead atoms. The van der Waals surface area contributed by atoms with E-state index in [0.717, 1.165) is 0 Å². The van der Waals surface area contributed by atoms with E-state index in [0.29, 0.717) is 34.6 Å². The number of anilines is 2. The topological polar surface area (TPSA) is 97.1 Å². The van der Waals surface area contributed by atoms with Crippen LogP contribution in [0.5, 0.6) is 0 Å². The third-order valence-corrected chi connectivity index (χ3v) is 3.45. The fraction of sp³-hybridized carbons (Fsp3) is 0.286. The van der Waals surface area contributed by atoms with Crippen molar-refractivity contribution < 1.29 is 14.1 Å². The molecule has 2 aromatic rings. The van der Waals surface area contributed by atoms with Gasteiger partial charge >= 0.3 is 0 Å². The molecule has 7 nitrogen and oxygen atoms in total. The van der Waals surface area contributed by atoms with E-state index in [2.05, 4.69) is 20.8 Å². The Bertz CT molecular complexity index is 654. The van der Waals surface area contributed by atoms with Crippen LogP contribution >= 0.6 is 11.8 Å². The minimum Gasteiger partial charge on any atom is -0.340 e. The number of thioether (sulfide) groups is 1. The predicted octanol–water partition coefficient (Wildman–Crippen LogP) is 2.21. The van der Waals surface area contributed by atoms with Gasteiger partial charge in [-0.15, -0.1) is 11.8 Å². The molecule has 0 saturated heterocycles.